The summed E-state index contributed by atoms with van der Waals surface area (Å²) in [5, 5.41) is 13.9. The first kappa shape index (κ1) is 13.3. The Balaban J connectivity index is 1.72. The quantitative estimate of drug-likeness (QED) is 0.908. The Morgan fingerprint density at radius 1 is 1.25 bits per heavy atom. The molecule has 1 aromatic heterocycles. The van der Waals surface area contributed by atoms with Gasteiger partial charge in [-0.05, 0) is 30.2 Å². The Morgan fingerprint density at radius 2 is 1.95 bits per heavy atom. The van der Waals surface area contributed by atoms with Crippen molar-refractivity contribution in [2.45, 2.75) is 45.1 Å². The second-order valence-corrected chi connectivity index (χ2v) is 5.90. The lowest BCUT2D eigenvalue weighted by Gasteiger charge is -2.04. The lowest BCUT2D eigenvalue weighted by Crippen LogP contribution is -2.12. The Kier molecular flexibility index (Phi) is 3.57. The zero-order valence-corrected chi connectivity index (χ0v) is 11.9. The number of nitrogens with zero attached hydrogens (tertiary/aromatic N) is 2. The molecule has 1 N–H and O–H groups in total. The number of rotatable bonds is 5. The molecule has 3 rings (SSSR count). The predicted octanol–water partition coefficient (Wildman–Crippen LogP) is 3.17. The van der Waals surface area contributed by atoms with Gasteiger partial charge in [0.25, 0.3) is 0 Å². The summed E-state index contributed by atoms with van der Waals surface area (Å²) in [7, 11) is 0. The third kappa shape index (κ3) is 2.90. The maximum atomic E-state index is 9.89. The van der Waals surface area contributed by atoms with Crippen LogP contribution in [0, 0.1) is 5.92 Å². The number of aromatic nitrogens is 2. The third-order valence-corrected chi connectivity index (χ3v) is 3.85. The summed E-state index contributed by atoms with van der Waals surface area (Å²) in [4.78, 5) is 4.37. The normalized spacial score (nSPS) is 16.6. The van der Waals surface area contributed by atoms with E-state index in [1.807, 2.05) is 12.1 Å². The van der Waals surface area contributed by atoms with E-state index in [9.17, 15) is 5.11 Å². The van der Waals surface area contributed by atoms with Crippen LogP contribution in [0.2, 0.25) is 0 Å². The summed E-state index contributed by atoms with van der Waals surface area (Å²) in [5.74, 6) is 2.06. The van der Waals surface area contributed by atoms with Crippen LogP contribution in [-0.4, -0.2) is 21.4 Å². The number of hydrogen-bond acceptors (Lipinski definition) is 4. The largest absolute Gasteiger partial charge is 0.392 e. The van der Waals surface area contributed by atoms with E-state index in [1.54, 1.807) is 0 Å². The van der Waals surface area contributed by atoms with Crippen molar-refractivity contribution in [1.82, 2.24) is 10.1 Å². The molecule has 20 heavy (non-hydrogen) atoms. The van der Waals surface area contributed by atoms with Crippen molar-refractivity contribution in [2.24, 2.45) is 5.92 Å². The lowest BCUT2D eigenvalue weighted by molar-refractivity contribution is 0.140. The van der Waals surface area contributed by atoms with Gasteiger partial charge < -0.3 is 9.63 Å². The highest BCUT2D eigenvalue weighted by atomic mass is 16.5. The summed E-state index contributed by atoms with van der Waals surface area (Å²) in [6.45, 7) is 4.33. The molecule has 1 fully saturated rings. The Bertz CT molecular complexity index is 570. The maximum Gasteiger partial charge on any atom is 0.229 e. The average Bonchev–Trinajstić information content (AvgIpc) is 3.20. The minimum absolute atomic E-state index is 0.341. The standard InChI is InChI=1S/C16H20N2O2/c1-10(2)11-3-7-13(8-4-11)16-17-15(20-18-16)9-14(19)12-5-6-12/h3-4,7-8,10,12,14,19H,5-6,9H2,1-2H3. The van der Waals surface area contributed by atoms with E-state index in [1.165, 1.54) is 5.56 Å². The van der Waals surface area contributed by atoms with Gasteiger partial charge in [-0.15, -0.1) is 0 Å². The predicted molar refractivity (Wildman–Crippen MR) is 76.3 cm³/mol. The molecule has 4 heteroatoms. The zero-order chi connectivity index (χ0) is 14.1. The van der Waals surface area contributed by atoms with Crippen LogP contribution in [0.25, 0.3) is 11.4 Å². The molecule has 0 amide bonds. The van der Waals surface area contributed by atoms with Crippen LogP contribution in [0.3, 0.4) is 0 Å². The van der Waals surface area contributed by atoms with Crippen molar-refractivity contribution in [3.63, 3.8) is 0 Å². The Labute approximate surface area is 118 Å². The fraction of sp³-hybridized carbons (Fsp3) is 0.500. The topological polar surface area (TPSA) is 59.2 Å². The molecule has 2 aromatic rings. The van der Waals surface area contributed by atoms with Gasteiger partial charge in [0, 0.05) is 5.56 Å². The summed E-state index contributed by atoms with van der Waals surface area (Å²) in [6.07, 6.45) is 2.34. The number of benzene rings is 1. The highest BCUT2D eigenvalue weighted by Crippen LogP contribution is 2.34. The molecule has 0 aliphatic heterocycles. The third-order valence-electron chi connectivity index (χ3n) is 3.85. The van der Waals surface area contributed by atoms with Gasteiger partial charge >= 0.3 is 0 Å². The number of hydrogen-bond donors (Lipinski definition) is 1. The zero-order valence-electron chi connectivity index (χ0n) is 11.9. The molecule has 1 atom stereocenters. The second-order valence-electron chi connectivity index (χ2n) is 5.90. The van der Waals surface area contributed by atoms with Crippen LogP contribution in [0.1, 0.15) is 44.1 Å². The molecule has 1 aliphatic carbocycles. The van der Waals surface area contributed by atoms with Gasteiger partial charge in [0.2, 0.25) is 11.7 Å². The van der Waals surface area contributed by atoms with Crippen LogP contribution in [0.15, 0.2) is 28.8 Å². The highest BCUT2D eigenvalue weighted by molar-refractivity contribution is 5.54. The van der Waals surface area contributed by atoms with Crippen molar-refractivity contribution >= 4 is 0 Å². The molecule has 1 heterocycles. The van der Waals surface area contributed by atoms with Gasteiger partial charge in [0.1, 0.15) is 0 Å². The van der Waals surface area contributed by atoms with Crippen molar-refractivity contribution in [3.8, 4) is 11.4 Å². The molecule has 0 bridgehead atoms. The molecule has 0 radical (unpaired) electrons. The maximum absolute atomic E-state index is 9.89. The molecule has 0 spiro atoms. The monoisotopic (exact) mass is 272 g/mol. The molecule has 0 saturated heterocycles. The van der Waals surface area contributed by atoms with E-state index in [0.717, 1.165) is 18.4 Å². The van der Waals surface area contributed by atoms with Gasteiger partial charge in [-0.3, -0.25) is 0 Å². The molecule has 1 saturated carbocycles. The van der Waals surface area contributed by atoms with Crippen molar-refractivity contribution in [3.05, 3.63) is 35.7 Å². The van der Waals surface area contributed by atoms with Crippen molar-refractivity contribution < 1.29 is 9.63 Å². The Morgan fingerprint density at radius 3 is 2.55 bits per heavy atom. The summed E-state index contributed by atoms with van der Waals surface area (Å²) in [5.41, 5.74) is 2.24. The molecular formula is C16H20N2O2. The molecule has 1 unspecified atom stereocenters. The molecule has 106 valence electrons. The summed E-state index contributed by atoms with van der Waals surface area (Å²) >= 11 is 0. The fourth-order valence-electron chi connectivity index (χ4n) is 2.30. The van der Waals surface area contributed by atoms with E-state index >= 15 is 0 Å². The molecular weight excluding hydrogens is 252 g/mol. The second kappa shape index (κ2) is 5.37. The van der Waals surface area contributed by atoms with E-state index in [-0.39, 0.29) is 6.10 Å². The smallest absolute Gasteiger partial charge is 0.229 e. The average molecular weight is 272 g/mol. The first-order valence-electron chi connectivity index (χ1n) is 7.24. The van der Waals surface area contributed by atoms with Gasteiger partial charge in [0.15, 0.2) is 0 Å². The minimum Gasteiger partial charge on any atom is -0.392 e. The van der Waals surface area contributed by atoms with Crippen LogP contribution in [0.5, 0.6) is 0 Å². The number of aliphatic hydroxyl groups is 1. The van der Waals surface area contributed by atoms with Crippen molar-refractivity contribution in [1.29, 1.82) is 0 Å². The first-order chi connectivity index (χ1) is 9.63. The molecule has 1 aromatic carbocycles. The van der Waals surface area contributed by atoms with Gasteiger partial charge in [0.05, 0.1) is 12.5 Å². The first-order valence-corrected chi connectivity index (χ1v) is 7.24. The van der Waals surface area contributed by atoms with Crippen LogP contribution in [0.4, 0.5) is 0 Å². The van der Waals surface area contributed by atoms with Crippen LogP contribution < -0.4 is 0 Å². The molecule has 4 nitrogen and oxygen atoms in total. The van der Waals surface area contributed by atoms with E-state index in [4.69, 9.17) is 4.52 Å². The molecule has 1 aliphatic rings. The summed E-state index contributed by atoms with van der Waals surface area (Å²) < 4.78 is 5.22. The lowest BCUT2D eigenvalue weighted by atomic mass is 10.0. The van der Waals surface area contributed by atoms with E-state index in [0.29, 0.717) is 30.0 Å². The minimum atomic E-state index is -0.341. The van der Waals surface area contributed by atoms with Crippen molar-refractivity contribution in [2.75, 3.05) is 0 Å². The summed E-state index contributed by atoms with van der Waals surface area (Å²) in [6, 6.07) is 8.22. The SMILES string of the molecule is CC(C)c1ccc(-c2noc(CC(O)C3CC3)n2)cc1. The number of aliphatic hydroxyl groups excluding tert-OH is 1. The highest BCUT2D eigenvalue weighted by Gasteiger charge is 2.31. The van der Waals surface area contributed by atoms with Gasteiger partial charge in [-0.25, -0.2) is 0 Å². The van der Waals surface area contributed by atoms with Crippen LogP contribution in [-0.2, 0) is 6.42 Å². The van der Waals surface area contributed by atoms with Gasteiger partial charge in [-0.1, -0.05) is 43.3 Å². The Hall–Kier alpha value is -1.68. The van der Waals surface area contributed by atoms with Gasteiger partial charge in [-0.2, -0.15) is 4.98 Å². The van der Waals surface area contributed by atoms with Crippen LogP contribution >= 0.6 is 0 Å². The fourth-order valence-corrected chi connectivity index (χ4v) is 2.30. The van der Waals surface area contributed by atoms with E-state index < -0.39 is 0 Å². The van der Waals surface area contributed by atoms with E-state index in [2.05, 4.69) is 36.1 Å².